The third-order valence-electron chi connectivity index (χ3n) is 5.76. The second kappa shape index (κ2) is 12.8. The van der Waals surface area contributed by atoms with Gasteiger partial charge in [-0.1, -0.05) is 64.7 Å². The fourth-order valence-electron chi connectivity index (χ4n) is 4.39. The molecular formula is C19H40BrNO. The molecule has 1 aliphatic carbocycles. The minimum absolute atomic E-state index is 0. The Morgan fingerprint density at radius 3 is 2.23 bits per heavy atom. The second-order valence-electron chi connectivity index (χ2n) is 7.32. The van der Waals surface area contributed by atoms with Crippen molar-refractivity contribution < 1.29 is 5.11 Å². The van der Waals surface area contributed by atoms with E-state index in [4.69, 9.17) is 0 Å². The molecule has 1 N–H and O–H groups in total. The molecule has 2 atom stereocenters. The van der Waals surface area contributed by atoms with Gasteiger partial charge in [-0.05, 0) is 45.7 Å². The standard InChI is InChI=1S/C19H39NO.BrH/c1-4-5-6-7-8-9-10-13-18-14-11-12-15-19(18,16-17-21)20(2)3;/h18,21H,4-17H2,1-3H3;1H. The first-order valence-corrected chi connectivity index (χ1v) is 9.45. The van der Waals surface area contributed by atoms with Crippen molar-refractivity contribution in [2.45, 2.75) is 95.9 Å². The van der Waals surface area contributed by atoms with Crippen molar-refractivity contribution in [3.8, 4) is 0 Å². The van der Waals surface area contributed by atoms with Crippen LogP contribution >= 0.6 is 17.0 Å². The molecule has 0 aromatic heterocycles. The van der Waals surface area contributed by atoms with Crippen molar-refractivity contribution >= 4 is 17.0 Å². The van der Waals surface area contributed by atoms with Gasteiger partial charge in [0.05, 0.1) is 0 Å². The maximum atomic E-state index is 9.52. The lowest BCUT2D eigenvalue weighted by Crippen LogP contribution is -2.52. The first-order chi connectivity index (χ1) is 10.2. The minimum Gasteiger partial charge on any atom is -0.396 e. The van der Waals surface area contributed by atoms with E-state index in [2.05, 4.69) is 25.9 Å². The van der Waals surface area contributed by atoms with Gasteiger partial charge in [0.2, 0.25) is 0 Å². The van der Waals surface area contributed by atoms with E-state index in [1.54, 1.807) is 0 Å². The third kappa shape index (κ3) is 6.88. The molecule has 0 saturated heterocycles. The maximum Gasteiger partial charge on any atom is 0.0448 e. The van der Waals surface area contributed by atoms with Crippen LogP contribution in [-0.4, -0.2) is 36.2 Å². The van der Waals surface area contributed by atoms with Crippen LogP contribution in [0.15, 0.2) is 0 Å². The van der Waals surface area contributed by atoms with Crippen molar-refractivity contribution in [3.05, 3.63) is 0 Å². The molecule has 0 heterocycles. The second-order valence-corrected chi connectivity index (χ2v) is 7.32. The molecule has 134 valence electrons. The van der Waals surface area contributed by atoms with Crippen molar-refractivity contribution in [1.82, 2.24) is 4.90 Å². The molecule has 1 rings (SSSR count). The summed E-state index contributed by atoms with van der Waals surface area (Å²) in [6, 6.07) is 0. The highest BCUT2D eigenvalue weighted by molar-refractivity contribution is 8.93. The van der Waals surface area contributed by atoms with E-state index >= 15 is 0 Å². The Kier molecular flexibility index (Phi) is 13.0. The van der Waals surface area contributed by atoms with E-state index < -0.39 is 0 Å². The number of aliphatic hydroxyl groups is 1. The van der Waals surface area contributed by atoms with Crippen molar-refractivity contribution in [2.75, 3.05) is 20.7 Å². The number of rotatable bonds is 11. The number of hydrogen-bond donors (Lipinski definition) is 1. The molecule has 22 heavy (non-hydrogen) atoms. The minimum atomic E-state index is 0. The monoisotopic (exact) mass is 377 g/mol. The van der Waals surface area contributed by atoms with Gasteiger partial charge in [-0.3, -0.25) is 0 Å². The van der Waals surface area contributed by atoms with E-state index in [1.807, 2.05) is 0 Å². The Labute approximate surface area is 149 Å². The van der Waals surface area contributed by atoms with Crippen LogP contribution in [0.3, 0.4) is 0 Å². The summed E-state index contributed by atoms with van der Waals surface area (Å²) in [4.78, 5) is 2.42. The maximum absolute atomic E-state index is 9.52. The largest absolute Gasteiger partial charge is 0.396 e. The van der Waals surface area contributed by atoms with Crippen LogP contribution in [-0.2, 0) is 0 Å². The zero-order valence-corrected chi connectivity index (χ0v) is 17.0. The quantitative estimate of drug-likeness (QED) is 0.475. The van der Waals surface area contributed by atoms with E-state index in [1.165, 1.54) is 77.0 Å². The summed E-state index contributed by atoms with van der Waals surface area (Å²) < 4.78 is 0. The van der Waals surface area contributed by atoms with Gasteiger partial charge in [0.25, 0.3) is 0 Å². The fourth-order valence-corrected chi connectivity index (χ4v) is 4.39. The molecule has 1 fully saturated rings. The van der Waals surface area contributed by atoms with Crippen LogP contribution in [0.25, 0.3) is 0 Å². The average Bonchev–Trinajstić information content (AvgIpc) is 2.48. The first-order valence-electron chi connectivity index (χ1n) is 9.45. The summed E-state index contributed by atoms with van der Waals surface area (Å²) in [7, 11) is 4.44. The topological polar surface area (TPSA) is 23.5 Å². The SMILES string of the molecule is Br.CCCCCCCCCC1CCCCC1(CCO)N(C)C. The number of aliphatic hydroxyl groups excluding tert-OH is 1. The first kappa shape index (κ1) is 22.4. The highest BCUT2D eigenvalue weighted by Gasteiger charge is 2.41. The number of hydrogen-bond acceptors (Lipinski definition) is 2. The van der Waals surface area contributed by atoms with E-state index in [0.29, 0.717) is 6.61 Å². The van der Waals surface area contributed by atoms with Gasteiger partial charge in [-0.2, -0.15) is 0 Å². The van der Waals surface area contributed by atoms with Crippen LogP contribution in [0.1, 0.15) is 90.4 Å². The van der Waals surface area contributed by atoms with Crippen molar-refractivity contribution in [1.29, 1.82) is 0 Å². The molecule has 0 amide bonds. The van der Waals surface area contributed by atoms with Crippen LogP contribution in [0.2, 0.25) is 0 Å². The van der Waals surface area contributed by atoms with E-state index in [-0.39, 0.29) is 22.5 Å². The van der Waals surface area contributed by atoms with E-state index in [0.717, 1.165) is 12.3 Å². The molecule has 2 unspecified atom stereocenters. The Bertz CT molecular complexity index is 256. The molecule has 1 saturated carbocycles. The van der Waals surface area contributed by atoms with E-state index in [9.17, 15) is 5.11 Å². The molecule has 0 bridgehead atoms. The van der Waals surface area contributed by atoms with Gasteiger partial charge in [-0.25, -0.2) is 0 Å². The number of nitrogens with zero attached hydrogens (tertiary/aromatic N) is 1. The zero-order valence-electron chi connectivity index (χ0n) is 15.3. The smallest absolute Gasteiger partial charge is 0.0448 e. The predicted molar refractivity (Wildman–Crippen MR) is 103 cm³/mol. The van der Waals surface area contributed by atoms with Gasteiger partial charge >= 0.3 is 0 Å². The molecule has 0 aliphatic heterocycles. The van der Waals surface area contributed by atoms with Crippen molar-refractivity contribution in [2.24, 2.45) is 5.92 Å². The summed E-state index contributed by atoms with van der Waals surface area (Å²) in [5.41, 5.74) is 0.273. The summed E-state index contributed by atoms with van der Waals surface area (Å²) in [6.07, 6.45) is 17.5. The van der Waals surface area contributed by atoms with Gasteiger partial charge in [0, 0.05) is 12.1 Å². The van der Waals surface area contributed by atoms with Gasteiger partial charge < -0.3 is 10.0 Å². The summed E-state index contributed by atoms with van der Waals surface area (Å²) in [5, 5.41) is 9.52. The Balaban J connectivity index is 0.00000441. The van der Waals surface area contributed by atoms with Gasteiger partial charge in [0.1, 0.15) is 0 Å². The molecule has 0 radical (unpaired) electrons. The van der Waals surface area contributed by atoms with Gasteiger partial charge in [0.15, 0.2) is 0 Å². The zero-order chi connectivity index (χ0) is 15.6. The van der Waals surface area contributed by atoms with Crippen LogP contribution in [0.4, 0.5) is 0 Å². The van der Waals surface area contributed by atoms with Crippen LogP contribution in [0.5, 0.6) is 0 Å². The lowest BCUT2D eigenvalue weighted by molar-refractivity contribution is 0.00949. The fraction of sp³-hybridized carbons (Fsp3) is 1.00. The highest BCUT2D eigenvalue weighted by Crippen LogP contribution is 2.42. The molecule has 0 spiro atoms. The predicted octanol–water partition coefficient (Wildman–Crippen LogP) is 5.58. The lowest BCUT2D eigenvalue weighted by Gasteiger charge is -2.49. The summed E-state index contributed by atoms with van der Waals surface area (Å²) >= 11 is 0. The molecule has 0 aromatic carbocycles. The van der Waals surface area contributed by atoms with Gasteiger partial charge in [-0.15, -0.1) is 17.0 Å². The normalized spacial score (nSPS) is 25.2. The molecular weight excluding hydrogens is 338 g/mol. The molecule has 3 heteroatoms. The lowest BCUT2D eigenvalue weighted by atomic mass is 9.68. The Morgan fingerprint density at radius 2 is 1.64 bits per heavy atom. The Hall–Kier alpha value is 0.400. The van der Waals surface area contributed by atoms with Crippen LogP contribution in [0, 0.1) is 5.92 Å². The molecule has 2 nitrogen and oxygen atoms in total. The summed E-state index contributed by atoms with van der Waals surface area (Å²) in [6.45, 7) is 2.62. The molecule has 0 aromatic rings. The molecule has 1 aliphatic rings. The van der Waals surface area contributed by atoms with Crippen molar-refractivity contribution in [3.63, 3.8) is 0 Å². The Morgan fingerprint density at radius 1 is 1.00 bits per heavy atom. The average molecular weight is 378 g/mol. The number of halogens is 1. The van der Waals surface area contributed by atoms with Crippen LogP contribution < -0.4 is 0 Å². The summed E-state index contributed by atoms with van der Waals surface area (Å²) in [5.74, 6) is 0.795. The number of unbranched alkanes of at least 4 members (excludes halogenated alkanes) is 6. The third-order valence-corrected chi connectivity index (χ3v) is 5.76. The highest BCUT2D eigenvalue weighted by atomic mass is 79.9.